The zero-order valence-corrected chi connectivity index (χ0v) is 7.37. The number of nitrogens with one attached hydrogen (secondary N) is 1. The molecule has 0 unspecified atom stereocenters. The number of nitrogens with zero attached hydrogens (tertiary/aromatic N) is 1. The fraction of sp³-hybridized carbons (Fsp3) is 0.286. The topological polar surface area (TPSA) is 102 Å². The highest BCUT2D eigenvalue weighted by molar-refractivity contribution is 5.42. The fourth-order valence-corrected chi connectivity index (χ4v) is 1.16. The third kappa shape index (κ3) is 2.15. The van der Waals surface area contributed by atoms with E-state index in [1.54, 1.807) is 0 Å². The summed E-state index contributed by atoms with van der Waals surface area (Å²) < 4.78 is 24.8. The monoisotopic (exact) mass is 219 g/mol. The minimum atomic E-state index is -3.00. The number of alkyl halides is 2. The molecule has 0 amide bonds. The second-order valence-electron chi connectivity index (χ2n) is 2.67. The first-order valence-electron chi connectivity index (χ1n) is 3.86. The molecule has 0 aliphatic heterocycles. The predicted molar refractivity (Wildman–Crippen MR) is 46.6 cm³/mol. The van der Waals surface area contributed by atoms with Gasteiger partial charge >= 0.3 is 0 Å². The van der Waals surface area contributed by atoms with Crippen LogP contribution in [0.2, 0.25) is 0 Å². The van der Waals surface area contributed by atoms with Crippen molar-refractivity contribution in [3.05, 3.63) is 37.8 Å². The first-order chi connectivity index (χ1) is 6.97. The van der Waals surface area contributed by atoms with Crippen molar-refractivity contribution >= 4 is 5.69 Å². The first kappa shape index (κ1) is 11.2. The van der Waals surface area contributed by atoms with Crippen LogP contribution in [0.5, 0.6) is 0 Å². The summed E-state index contributed by atoms with van der Waals surface area (Å²) in [4.78, 5) is 22.2. The number of pyridine rings is 1. The summed E-state index contributed by atoms with van der Waals surface area (Å²) in [5.74, 6) is 0. The van der Waals surface area contributed by atoms with E-state index in [1.165, 1.54) is 0 Å². The van der Waals surface area contributed by atoms with Crippen LogP contribution in [0, 0.1) is 10.1 Å². The van der Waals surface area contributed by atoms with E-state index in [0.29, 0.717) is 6.07 Å². The Kier molecular flexibility index (Phi) is 3.10. The fourth-order valence-electron chi connectivity index (χ4n) is 1.16. The summed E-state index contributed by atoms with van der Waals surface area (Å²) in [6.45, 7) is -0.438. The van der Waals surface area contributed by atoms with E-state index in [0.717, 1.165) is 0 Å². The number of aromatic nitrogens is 1. The van der Waals surface area contributed by atoms with E-state index in [1.807, 2.05) is 4.98 Å². The summed E-state index contributed by atoms with van der Waals surface area (Å²) in [6, 6.07) is 0.633. The Balaban J connectivity index is 3.52. The number of hydrogen-bond acceptors (Lipinski definition) is 4. The van der Waals surface area contributed by atoms with Crippen molar-refractivity contribution in [1.29, 1.82) is 0 Å². The molecule has 0 aromatic carbocycles. The van der Waals surface area contributed by atoms with Crippen LogP contribution in [0.25, 0.3) is 0 Å². The molecule has 0 aliphatic carbocycles. The highest BCUT2D eigenvalue weighted by Gasteiger charge is 2.23. The van der Waals surface area contributed by atoms with Crippen LogP contribution in [-0.4, -0.2) is 9.91 Å². The highest BCUT2D eigenvalue weighted by atomic mass is 19.3. The van der Waals surface area contributed by atoms with Crippen molar-refractivity contribution in [1.82, 2.24) is 4.98 Å². The molecule has 0 fully saturated rings. The number of aromatic amines is 1. The lowest BCUT2D eigenvalue weighted by Crippen LogP contribution is -2.16. The van der Waals surface area contributed by atoms with Gasteiger partial charge in [0.25, 0.3) is 17.7 Å². The molecule has 0 spiro atoms. The quantitative estimate of drug-likeness (QED) is 0.576. The standard InChI is InChI=1S/C7H7F2N3O3/c8-7(9)6-3(2-10)4(12(14)15)1-5(13)11-6/h1,7H,2,10H2,(H,11,13). The summed E-state index contributed by atoms with van der Waals surface area (Å²) >= 11 is 0. The Bertz CT molecular complexity index is 444. The first-order valence-corrected chi connectivity index (χ1v) is 3.86. The average Bonchev–Trinajstić information content (AvgIpc) is 2.16. The van der Waals surface area contributed by atoms with E-state index in [4.69, 9.17) is 5.73 Å². The Labute approximate surface area is 81.9 Å². The normalized spacial score (nSPS) is 10.7. The van der Waals surface area contributed by atoms with Gasteiger partial charge in [-0.05, 0) is 0 Å². The summed E-state index contributed by atoms with van der Waals surface area (Å²) in [7, 11) is 0. The van der Waals surface area contributed by atoms with Gasteiger partial charge in [-0.15, -0.1) is 0 Å². The third-order valence-corrected chi connectivity index (χ3v) is 1.78. The number of nitro groups is 1. The number of rotatable bonds is 3. The highest BCUT2D eigenvalue weighted by Crippen LogP contribution is 2.25. The molecule has 0 saturated heterocycles. The van der Waals surface area contributed by atoms with Gasteiger partial charge in [0.1, 0.15) is 0 Å². The van der Waals surface area contributed by atoms with E-state index in [2.05, 4.69) is 0 Å². The minimum absolute atomic E-state index is 0.352. The molecule has 0 radical (unpaired) electrons. The van der Waals surface area contributed by atoms with Crippen molar-refractivity contribution in [3.63, 3.8) is 0 Å². The van der Waals surface area contributed by atoms with Crippen LogP contribution < -0.4 is 11.3 Å². The minimum Gasteiger partial charge on any atom is -0.326 e. The molecule has 1 aromatic rings. The smallest absolute Gasteiger partial charge is 0.281 e. The molecule has 15 heavy (non-hydrogen) atoms. The van der Waals surface area contributed by atoms with Gasteiger partial charge in [0.15, 0.2) is 0 Å². The molecule has 1 heterocycles. The van der Waals surface area contributed by atoms with Gasteiger partial charge in [0.2, 0.25) is 0 Å². The molecule has 0 atom stereocenters. The zero-order valence-electron chi connectivity index (χ0n) is 7.37. The summed E-state index contributed by atoms with van der Waals surface area (Å²) in [5.41, 5.74) is 2.34. The molecule has 8 heteroatoms. The number of nitrogens with two attached hydrogens (primary N) is 1. The van der Waals surface area contributed by atoms with Crippen LogP contribution in [0.3, 0.4) is 0 Å². The van der Waals surface area contributed by atoms with Crippen molar-refractivity contribution in [3.8, 4) is 0 Å². The molecular weight excluding hydrogens is 212 g/mol. The van der Waals surface area contributed by atoms with E-state index < -0.39 is 34.8 Å². The van der Waals surface area contributed by atoms with Crippen LogP contribution in [-0.2, 0) is 6.54 Å². The lowest BCUT2D eigenvalue weighted by molar-refractivity contribution is -0.385. The van der Waals surface area contributed by atoms with Crippen LogP contribution >= 0.6 is 0 Å². The van der Waals surface area contributed by atoms with Crippen molar-refractivity contribution in [2.24, 2.45) is 5.73 Å². The second-order valence-corrected chi connectivity index (χ2v) is 2.67. The molecule has 0 bridgehead atoms. The maximum Gasteiger partial charge on any atom is 0.281 e. The second kappa shape index (κ2) is 4.13. The van der Waals surface area contributed by atoms with Gasteiger partial charge in [0, 0.05) is 6.54 Å². The number of H-pyrrole nitrogens is 1. The van der Waals surface area contributed by atoms with E-state index in [-0.39, 0.29) is 5.56 Å². The molecule has 1 aromatic heterocycles. The van der Waals surface area contributed by atoms with E-state index in [9.17, 15) is 23.7 Å². The van der Waals surface area contributed by atoms with Gasteiger partial charge in [-0.25, -0.2) is 8.78 Å². The number of hydrogen-bond donors (Lipinski definition) is 2. The molecule has 0 saturated carbocycles. The third-order valence-electron chi connectivity index (χ3n) is 1.78. The molecule has 0 aliphatic rings. The molecular formula is C7H7F2N3O3. The van der Waals surface area contributed by atoms with Gasteiger partial charge < -0.3 is 10.7 Å². The molecule has 82 valence electrons. The van der Waals surface area contributed by atoms with Crippen LogP contribution in [0.4, 0.5) is 14.5 Å². The Morgan fingerprint density at radius 3 is 2.60 bits per heavy atom. The zero-order chi connectivity index (χ0) is 11.6. The van der Waals surface area contributed by atoms with Crippen LogP contribution in [0.15, 0.2) is 10.9 Å². The average molecular weight is 219 g/mol. The van der Waals surface area contributed by atoms with Crippen molar-refractivity contribution in [2.75, 3.05) is 0 Å². The Hall–Kier alpha value is -1.83. The van der Waals surface area contributed by atoms with Crippen molar-refractivity contribution in [2.45, 2.75) is 13.0 Å². The lowest BCUT2D eigenvalue weighted by atomic mass is 10.1. The largest absolute Gasteiger partial charge is 0.326 e. The maximum absolute atomic E-state index is 12.4. The molecule has 6 nitrogen and oxygen atoms in total. The summed E-state index contributed by atoms with van der Waals surface area (Å²) in [6.07, 6.45) is -3.00. The SMILES string of the molecule is NCc1c([N+](=O)[O-])cc(=O)[nH]c1C(F)F. The summed E-state index contributed by atoms with van der Waals surface area (Å²) in [5, 5.41) is 10.5. The van der Waals surface area contributed by atoms with Gasteiger partial charge in [-0.2, -0.15) is 0 Å². The lowest BCUT2D eigenvalue weighted by Gasteiger charge is -2.06. The Morgan fingerprint density at radius 1 is 1.60 bits per heavy atom. The van der Waals surface area contributed by atoms with Gasteiger partial charge in [0.05, 0.1) is 22.2 Å². The van der Waals surface area contributed by atoms with Gasteiger partial charge in [-0.3, -0.25) is 14.9 Å². The molecule has 3 N–H and O–H groups in total. The van der Waals surface area contributed by atoms with Gasteiger partial charge in [-0.1, -0.05) is 0 Å². The number of halogens is 2. The predicted octanol–water partition coefficient (Wildman–Crippen LogP) is 0.679. The Morgan fingerprint density at radius 2 is 2.20 bits per heavy atom. The maximum atomic E-state index is 12.4. The molecule has 1 rings (SSSR count). The van der Waals surface area contributed by atoms with Crippen molar-refractivity contribution < 1.29 is 13.7 Å². The van der Waals surface area contributed by atoms with E-state index >= 15 is 0 Å². The van der Waals surface area contributed by atoms with Crippen LogP contribution in [0.1, 0.15) is 17.7 Å².